The highest BCUT2D eigenvalue weighted by atomic mass is 16.6. The summed E-state index contributed by atoms with van der Waals surface area (Å²) in [6.07, 6.45) is 0.702. The maximum absolute atomic E-state index is 6.00. The molecule has 3 rings (SSSR count). The van der Waals surface area contributed by atoms with Crippen LogP contribution in [-0.2, 0) is 6.42 Å². The van der Waals surface area contributed by atoms with E-state index in [1.54, 1.807) is 0 Å². The van der Waals surface area contributed by atoms with Gasteiger partial charge in [0, 0.05) is 24.1 Å². The van der Waals surface area contributed by atoms with Crippen LogP contribution in [0.2, 0.25) is 0 Å². The van der Waals surface area contributed by atoms with Gasteiger partial charge in [0.25, 0.3) is 0 Å². The number of fused-ring (bicyclic) bond motifs is 2. The van der Waals surface area contributed by atoms with Crippen LogP contribution in [0.15, 0.2) is 12.1 Å². The lowest BCUT2D eigenvalue weighted by molar-refractivity contribution is 0.172. The van der Waals surface area contributed by atoms with E-state index >= 15 is 0 Å². The molecule has 0 saturated carbocycles. The van der Waals surface area contributed by atoms with Crippen molar-refractivity contribution in [3.05, 3.63) is 18.0 Å². The summed E-state index contributed by atoms with van der Waals surface area (Å²) in [5, 5.41) is 0. The number of ether oxygens (including phenoxy) is 2. The molecule has 0 bridgehead atoms. The van der Waals surface area contributed by atoms with Crippen molar-refractivity contribution in [3.63, 3.8) is 0 Å². The maximum atomic E-state index is 6.00. The predicted octanol–water partition coefficient (Wildman–Crippen LogP) is 1.61. The molecule has 5 nitrogen and oxygen atoms in total. The van der Waals surface area contributed by atoms with Crippen LogP contribution in [0.3, 0.4) is 0 Å². The Morgan fingerprint density at radius 3 is 2.61 bits per heavy atom. The molecule has 96 valence electrons. The van der Waals surface area contributed by atoms with E-state index in [0.717, 1.165) is 28.4 Å². The smallest absolute Gasteiger partial charge is 0.163 e. The minimum atomic E-state index is -0.277. The molecule has 5 heteroatoms. The Bertz CT molecular complexity index is 541. The maximum Gasteiger partial charge on any atom is 0.163 e. The number of imidazole rings is 1. The molecule has 1 aromatic carbocycles. The fraction of sp³-hybridized carbons (Fsp3) is 0.462. The van der Waals surface area contributed by atoms with Crippen molar-refractivity contribution < 1.29 is 9.47 Å². The second-order valence-corrected chi connectivity index (χ2v) is 5.36. The van der Waals surface area contributed by atoms with E-state index in [0.29, 0.717) is 19.6 Å². The van der Waals surface area contributed by atoms with Crippen molar-refractivity contribution in [1.29, 1.82) is 0 Å². The first kappa shape index (κ1) is 11.3. The van der Waals surface area contributed by atoms with Gasteiger partial charge in [-0.3, -0.25) is 0 Å². The number of hydrogen-bond acceptors (Lipinski definition) is 4. The topological polar surface area (TPSA) is 73.2 Å². The first-order chi connectivity index (χ1) is 8.51. The number of H-pyrrole nitrogens is 1. The molecule has 3 N–H and O–H groups in total. The Balaban J connectivity index is 2.01. The third-order valence-electron chi connectivity index (χ3n) is 2.82. The number of benzene rings is 1. The van der Waals surface area contributed by atoms with Crippen LogP contribution < -0.4 is 15.2 Å². The van der Waals surface area contributed by atoms with Gasteiger partial charge >= 0.3 is 0 Å². The molecule has 18 heavy (non-hydrogen) atoms. The normalized spacial score (nSPS) is 15.1. The molecule has 0 atom stereocenters. The molecule has 0 radical (unpaired) electrons. The van der Waals surface area contributed by atoms with E-state index < -0.39 is 0 Å². The predicted molar refractivity (Wildman–Crippen MR) is 69.1 cm³/mol. The van der Waals surface area contributed by atoms with Gasteiger partial charge in [-0.05, 0) is 13.8 Å². The van der Waals surface area contributed by atoms with E-state index in [9.17, 15) is 0 Å². The summed E-state index contributed by atoms with van der Waals surface area (Å²) in [6.45, 7) is 5.15. The molecular formula is C13H17N3O2. The van der Waals surface area contributed by atoms with Crippen molar-refractivity contribution >= 4 is 11.0 Å². The van der Waals surface area contributed by atoms with Gasteiger partial charge in [-0.2, -0.15) is 0 Å². The molecule has 0 amide bonds. The Morgan fingerprint density at radius 1 is 1.28 bits per heavy atom. The molecule has 0 saturated heterocycles. The van der Waals surface area contributed by atoms with Crippen LogP contribution in [0.1, 0.15) is 19.7 Å². The largest absolute Gasteiger partial charge is 0.486 e. The Kier molecular flexibility index (Phi) is 2.45. The highest BCUT2D eigenvalue weighted by Crippen LogP contribution is 2.33. The van der Waals surface area contributed by atoms with E-state index in [-0.39, 0.29) is 5.54 Å². The van der Waals surface area contributed by atoms with E-state index in [4.69, 9.17) is 15.2 Å². The Morgan fingerprint density at radius 2 is 1.94 bits per heavy atom. The summed E-state index contributed by atoms with van der Waals surface area (Å²) < 4.78 is 11.1. The molecule has 0 unspecified atom stereocenters. The zero-order valence-corrected chi connectivity index (χ0v) is 10.6. The molecule has 1 aromatic heterocycles. The molecule has 1 aliphatic rings. The molecule has 0 fully saturated rings. The second-order valence-electron chi connectivity index (χ2n) is 5.36. The van der Waals surface area contributed by atoms with Crippen LogP contribution in [0.4, 0.5) is 0 Å². The number of nitrogens with two attached hydrogens (primary N) is 1. The number of aromatic nitrogens is 2. The van der Waals surface area contributed by atoms with E-state index in [2.05, 4.69) is 9.97 Å². The van der Waals surface area contributed by atoms with Gasteiger partial charge in [0.15, 0.2) is 11.5 Å². The lowest BCUT2D eigenvalue weighted by atomic mass is 10.0. The van der Waals surface area contributed by atoms with Gasteiger partial charge in [0.1, 0.15) is 19.0 Å². The Hall–Kier alpha value is -1.75. The second kappa shape index (κ2) is 3.88. The summed E-state index contributed by atoms with van der Waals surface area (Å²) in [4.78, 5) is 7.81. The summed E-state index contributed by atoms with van der Waals surface area (Å²) >= 11 is 0. The first-order valence-electron chi connectivity index (χ1n) is 6.08. The van der Waals surface area contributed by atoms with Crippen LogP contribution in [0.25, 0.3) is 11.0 Å². The average molecular weight is 247 g/mol. The van der Waals surface area contributed by atoms with Gasteiger partial charge < -0.3 is 20.2 Å². The number of nitrogens with zero attached hydrogens (tertiary/aromatic N) is 1. The standard InChI is InChI=1S/C13H17N3O2/c1-13(2,14)7-12-15-8-5-10-11(6-9(8)16-12)18-4-3-17-10/h5-6H,3-4,7,14H2,1-2H3,(H,15,16). The monoisotopic (exact) mass is 247 g/mol. The van der Waals surface area contributed by atoms with Crippen LogP contribution in [0.5, 0.6) is 11.5 Å². The number of rotatable bonds is 2. The van der Waals surface area contributed by atoms with Gasteiger partial charge in [-0.1, -0.05) is 0 Å². The first-order valence-corrected chi connectivity index (χ1v) is 6.08. The molecule has 1 aliphatic heterocycles. The lowest BCUT2D eigenvalue weighted by Crippen LogP contribution is -2.34. The van der Waals surface area contributed by atoms with Gasteiger partial charge in [0.2, 0.25) is 0 Å². The van der Waals surface area contributed by atoms with Gasteiger partial charge in [0.05, 0.1) is 11.0 Å². The fourth-order valence-corrected chi connectivity index (χ4v) is 2.11. The molecule has 0 aliphatic carbocycles. The molecule has 0 spiro atoms. The van der Waals surface area contributed by atoms with Crippen molar-refractivity contribution in [2.45, 2.75) is 25.8 Å². The summed E-state index contributed by atoms with van der Waals surface area (Å²) in [5.74, 6) is 2.43. The average Bonchev–Trinajstić information content (AvgIpc) is 2.63. The van der Waals surface area contributed by atoms with Crippen molar-refractivity contribution in [1.82, 2.24) is 9.97 Å². The Labute approximate surface area is 105 Å². The van der Waals surface area contributed by atoms with Crippen LogP contribution in [-0.4, -0.2) is 28.7 Å². The van der Waals surface area contributed by atoms with Crippen molar-refractivity contribution in [2.24, 2.45) is 5.73 Å². The molecular weight excluding hydrogens is 230 g/mol. The number of hydrogen-bond donors (Lipinski definition) is 2. The highest BCUT2D eigenvalue weighted by Gasteiger charge is 2.17. The summed E-state index contributed by atoms with van der Waals surface area (Å²) in [7, 11) is 0. The third-order valence-corrected chi connectivity index (χ3v) is 2.82. The zero-order valence-electron chi connectivity index (χ0n) is 10.6. The quantitative estimate of drug-likeness (QED) is 0.845. The van der Waals surface area contributed by atoms with Crippen LogP contribution in [0, 0.1) is 0 Å². The minimum Gasteiger partial charge on any atom is -0.486 e. The van der Waals surface area contributed by atoms with Crippen LogP contribution >= 0.6 is 0 Å². The number of nitrogens with one attached hydrogen (secondary N) is 1. The van der Waals surface area contributed by atoms with E-state index in [1.807, 2.05) is 26.0 Å². The molecule has 2 aromatic rings. The lowest BCUT2D eigenvalue weighted by Gasteiger charge is -2.17. The van der Waals surface area contributed by atoms with Crippen molar-refractivity contribution in [3.8, 4) is 11.5 Å². The highest BCUT2D eigenvalue weighted by molar-refractivity contribution is 5.79. The zero-order chi connectivity index (χ0) is 12.8. The summed E-state index contributed by atoms with van der Waals surface area (Å²) in [6, 6.07) is 3.84. The third kappa shape index (κ3) is 2.13. The molecule has 2 heterocycles. The fourth-order valence-electron chi connectivity index (χ4n) is 2.11. The van der Waals surface area contributed by atoms with E-state index in [1.165, 1.54) is 0 Å². The SMILES string of the molecule is CC(C)(N)Cc1nc2cc3c(cc2[nH]1)OCCO3. The number of aromatic amines is 1. The van der Waals surface area contributed by atoms with Crippen molar-refractivity contribution in [2.75, 3.05) is 13.2 Å². The van der Waals surface area contributed by atoms with Gasteiger partial charge in [-0.15, -0.1) is 0 Å². The van der Waals surface area contributed by atoms with Gasteiger partial charge in [-0.25, -0.2) is 4.98 Å². The minimum absolute atomic E-state index is 0.277. The summed E-state index contributed by atoms with van der Waals surface area (Å²) in [5.41, 5.74) is 7.57.